The van der Waals surface area contributed by atoms with Gasteiger partial charge in [0.15, 0.2) is 0 Å². The Labute approximate surface area is 135 Å². The first-order valence-electron chi connectivity index (χ1n) is 6.98. The average Bonchev–Trinajstić information content (AvgIpc) is 2.37. The Kier molecular flexibility index (Phi) is 6.14. The van der Waals surface area contributed by atoms with Gasteiger partial charge in [0.25, 0.3) is 0 Å². The smallest absolute Gasteiger partial charge is 0.336 e. The van der Waals surface area contributed by atoms with Crippen LogP contribution in [0.5, 0.6) is 0 Å². The molecule has 0 radical (unpaired) electrons. The van der Waals surface area contributed by atoms with E-state index in [1.54, 1.807) is 12.1 Å². The lowest BCUT2D eigenvalue weighted by Gasteiger charge is -2.14. The van der Waals surface area contributed by atoms with Crippen LogP contribution in [0.4, 0.5) is 5.69 Å². The van der Waals surface area contributed by atoms with Gasteiger partial charge >= 0.3 is 5.63 Å². The fourth-order valence-corrected chi connectivity index (χ4v) is 2.25. The van der Waals surface area contributed by atoms with Crippen LogP contribution < -0.4 is 16.7 Å². The predicted molar refractivity (Wildman–Crippen MR) is 90.5 cm³/mol. The molecule has 3 N–H and O–H groups in total. The molecule has 2 rings (SSSR count). The standard InChI is InChI=1S/C16H20N2O3.ClH/c1-9(2)6-13(17)16(20)18-11-4-5-12-10(3)7-15(19)21-14(12)8-11;/h4-5,7-9,13H,6,17H2,1-3H3,(H,18,20);1H. The minimum Gasteiger partial charge on any atom is -0.423 e. The number of carbonyl (C=O) groups excluding carboxylic acids is 1. The average molecular weight is 325 g/mol. The topological polar surface area (TPSA) is 85.3 Å². The molecule has 0 saturated heterocycles. The summed E-state index contributed by atoms with van der Waals surface area (Å²) in [6.45, 7) is 5.87. The van der Waals surface area contributed by atoms with Crippen LogP contribution in [0.15, 0.2) is 33.5 Å². The van der Waals surface area contributed by atoms with Gasteiger partial charge in [0.2, 0.25) is 5.91 Å². The van der Waals surface area contributed by atoms with Crippen molar-refractivity contribution >= 4 is 35.0 Å². The van der Waals surface area contributed by atoms with Gasteiger partial charge in [0.1, 0.15) is 5.58 Å². The van der Waals surface area contributed by atoms with Crippen molar-refractivity contribution in [2.45, 2.75) is 33.2 Å². The highest BCUT2D eigenvalue weighted by atomic mass is 35.5. The van der Waals surface area contributed by atoms with Crippen LogP contribution in [0.1, 0.15) is 25.8 Å². The second kappa shape index (κ2) is 7.42. The number of fused-ring (bicyclic) bond motifs is 1. The minimum absolute atomic E-state index is 0. The van der Waals surface area contributed by atoms with Gasteiger partial charge in [-0.05, 0) is 37.0 Å². The number of hydrogen-bond acceptors (Lipinski definition) is 4. The van der Waals surface area contributed by atoms with E-state index < -0.39 is 11.7 Å². The van der Waals surface area contributed by atoms with Crippen molar-refractivity contribution in [1.29, 1.82) is 0 Å². The summed E-state index contributed by atoms with van der Waals surface area (Å²) < 4.78 is 5.15. The van der Waals surface area contributed by atoms with E-state index in [-0.39, 0.29) is 18.3 Å². The first-order valence-corrected chi connectivity index (χ1v) is 6.98. The first kappa shape index (κ1) is 18.2. The van der Waals surface area contributed by atoms with Crippen molar-refractivity contribution in [3.63, 3.8) is 0 Å². The fraction of sp³-hybridized carbons (Fsp3) is 0.375. The third-order valence-electron chi connectivity index (χ3n) is 3.28. The highest BCUT2D eigenvalue weighted by molar-refractivity contribution is 5.96. The molecule has 2 aromatic rings. The Hall–Kier alpha value is -1.85. The Morgan fingerprint density at radius 1 is 1.32 bits per heavy atom. The van der Waals surface area contributed by atoms with Gasteiger partial charge in [-0.1, -0.05) is 13.8 Å². The molecule has 5 nitrogen and oxygen atoms in total. The van der Waals surface area contributed by atoms with Crippen molar-refractivity contribution in [3.8, 4) is 0 Å². The molecule has 0 bridgehead atoms. The van der Waals surface area contributed by atoms with Crippen molar-refractivity contribution in [1.82, 2.24) is 0 Å². The molecule has 0 fully saturated rings. The zero-order chi connectivity index (χ0) is 15.6. The number of nitrogens with two attached hydrogens (primary N) is 1. The third kappa shape index (κ3) is 4.32. The molecule has 22 heavy (non-hydrogen) atoms. The molecule has 0 aliphatic rings. The molecule has 0 saturated carbocycles. The van der Waals surface area contributed by atoms with Gasteiger partial charge in [-0.15, -0.1) is 12.4 Å². The number of halogens is 1. The maximum Gasteiger partial charge on any atom is 0.336 e. The normalized spacial score (nSPS) is 12.0. The molecule has 0 aliphatic carbocycles. The highest BCUT2D eigenvalue weighted by Gasteiger charge is 2.15. The third-order valence-corrected chi connectivity index (χ3v) is 3.28. The minimum atomic E-state index is -0.551. The van der Waals surface area contributed by atoms with Crippen LogP contribution in [-0.2, 0) is 4.79 Å². The summed E-state index contributed by atoms with van der Waals surface area (Å²) in [6, 6.07) is 6.13. The Balaban J connectivity index is 0.00000242. The molecule has 120 valence electrons. The molecule has 1 heterocycles. The molecule has 0 aliphatic heterocycles. The maximum atomic E-state index is 12.0. The summed E-state index contributed by atoms with van der Waals surface area (Å²) in [4.78, 5) is 23.4. The van der Waals surface area contributed by atoms with Gasteiger partial charge in [-0.25, -0.2) is 4.79 Å². The first-order chi connectivity index (χ1) is 9.86. The van der Waals surface area contributed by atoms with E-state index in [0.717, 1.165) is 10.9 Å². The lowest BCUT2D eigenvalue weighted by atomic mass is 10.0. The van der Waals surface area contributed by atoms with Crippen LogP contribution in [0.25, 0.3) is 11.0 Å². The van der Waals surface area contributed by atoms with Gasteiger partial charge in [-0.3, -0.25) is 4.79 Å². The van der Waals surface area contributed by atoms with Gasteiger partial charge in [0.05, 0.1) is 6.04 Å². The van der Waals surface area contributed by atoms with Crippen molar-refractivity contribution in [2.24, 2.45) is 11.7 Å². The number of hydrogen-bond donors (Lipinski definition) is 2. The summed E-state index contributed by atoms with van der Waals surface area (Å²) in [5, 5.41) is 3.60. The second-order valence-corrected chi connectivity index (χ2v) is 5.68. The van der Waals surface area contributed by atoms with E-state index in [4.69, 9.17) is 10.2 Å². The van der Waals surface area contributed by atoms with E-state index in [9.17, 15) is 9.59 Å². The molecule has 0 spiro atoms. The van der Waals surface area contributed by atoms with Crippen LogP contribution in [-0.4, -0.2) is 11.9 Å². The summed E-state index contributed by atoms with van der Waals surface area (Å²) in [5.74, 6) is 0.112. The molecule has 1 unspecified atom stereocenters. The van der Waals surface area contributed by atoms with E-state index >= 15 is 0 Å². The van der Waals surface area contributed by atoms with Crippen LogP contribution >= 0.6 is 12.4 Å². The van der Waals surface area contributed by atoms with E-state index in [0.29, 0.717) is 23.6 Å². The molecular weight excluding hydrogens is 304 g/mol. The number of rotatable bonds is 4. The van der Waals surface area contributed by atoms with Crippen molar-refractivity contribution in [3.05, 3.63) is 40.2 Å². The number of anilines is 1. The van der Waals surface area contributed by atoms with Crippen molar-refractivity contribution < 1.29 is 9.21 Å². The monoisotopic (exact) mass is 324 g/mol. The maximum absolute atomic E-state index is 12.0. The number of carbonyl (C=O) groups is 1. The number of nitrogens with one attached hydrogen (secondary N) is 1. The summed E-state index contributed by atoms with van der Waals surface area (Å²) >= 11 is 0. The molecule has 1 atom stereocenters. The largest absolute Gasteiger partial charge is 0.423 e. The van der Waals surface area contributed by atoms with Crippen LogP contribution in [0.3, 0.4) is 0 Å². The predicted octanol–water partition coefficient (Wildman–Crippen LogP) is 2.84. The Morgan fingerprint density at radius 3 is 2.64 bits per heavy atom. The number of amides is 1. The fourth-order valence-electron chi connectivity index (χ4n) is 2.25. The van der Waals surface area contributed by atoms with Gasteiger partial charge < -0.3 is 15.5 Å². The Morgan fingerprint density at radius 2 is 2.00 bits per heavy atom. The molecular formula is C16H21ClN2O3. The summed E-state index contributed by atoms with van der Waals surface area (Å²) in [7, 11) is 0. The van der Waals surface area contributed by atoms with Gasteiger partial charge in [0, 0.05) is 23.2 Å². The van der Waals surface area contributed by atoms with E-state index in [1.165, 1.54) is 6.07 Å². The zero-order valence-electron chi connectivity index (χ0n) is 12.9. The lowest BCUT2D eigenvalue weighted by molar-refractivity contribution is -0.117. The SMILES string of the molecule is Cc1cc(=O)oc2cc(NC(=O)C(N)CC(C)C)ccc12.Cl. The molecule has 1 aromatic carbocycles. The molecule has 1 amide bonds. The quantitative estimate of drug-likeness (QED) is 0.847. The summed E-state index contributed by atoms with van der Waals surface area (Å²) in [5.41, 5.74) is 7.31. The van der Waals surface area contributed by atoms with Crippen LogP contribution in [0, 0.1) is 12.8 Å². The lowest BCUT2D eigenvalue weighted by Crippen LogP contribution is -2.36. The zero-order valence-corrected chi connectivity index (χ0v) is 13.7. The summed E-state index contributed by atoms with van der Waals surface area (Å²) in [6.07, 6.45) is 0.619. The van der Waals surface area contributed by atoms with Crippen molar-refractivity contribution in [2.75, 3.05) is 5.32 Å². The van der Waals surface area contributed by atoms with E-state index in [1.807, 2.05) is 26.8 Å². The molecule has 6 heteroatoms. The van der Waals surface area contributed by atoms with E-state index in [2.05, 4.69) is 5.32 Å². The Bertz CT molecular complexity index is 725. The van der Waals surface area contributed by atoms with Gasteiger partial charge in [-0.2, -0.15) is 0 Å². The molecule has 1 aromatic heterocycles. The second-order valence-electron chi connectivity index (χ2n) is 5.68. The number of aryl methyl sites for hydroxylation is 1. The van der Waals surface area contributed by atoms with Crippen LogP contribution in [0.2, 0.25) is 0 Å². The highest BCUT2D eigenvalue weighted by Crippen LogP contribution is 2.21. The number of benzene rings is 1.